The first-order valence-electron chi connectivity index (χ1n) is 8.03. The second-order valence-electron chi connectivity index (χ2n) is 6.41. The van der Waals surface area contributed by atoms with Gasteiger partial charge in [-0.25, -0.2) is 0 Å². The third-order valence-corrected chi connectivity index (χ3v) is 6.02. The Hall–Kier alpha value is -0.290. The van der Waals surface area contributed by atoms with Crippen molar-refractivity contribution in [2.24, 2.45) is 11.8 Å². The van der Waals surface area contributed by atoms with Gasteiger partial charge < -0.3 is 9.47 Å². The Kier molecular flexibility index (Phi) is 6.80. The molecule has 0 radical (unpaired) electrons. The smallest absolute Gasteiger partial charge is 0.119 e. The van der Waals surface area contributed by atoms with E-state index >= 15 is 0 Å². The van der Waals surface area contributed by atoms with Crippen LogP contribution in [-0.2, 0) is 4.74 Å². The zero-order chi connectivity index (χ0) is 15.1. The molecule has 2 nitrogen and oxygen atoms in total. The fourth-order valence-electron chi connectivity index (χ4n) is 3.08. The van der Waals surface area contributed by atoms with E-state index in [0.717, 1.165) is 22.0 Å². The molecule has 1 saturated carbocycles. The van der Waals surface area contributed by atoms with Gasteiger partial charge in [0.15, 0.2) is 0 Å². The van der Waals surface area contributed by atoms with Gasteiger partial charge in [-0.15, -0.1) is 0 Å². The van der Waals surface area contributed by atoms with Crippen molar-refractivity contribution < 1.29 is 9.47 Å². The predicted octanol–water partition coefficient (Wildman–Crippen LogP) is 5.10. The number of hydrogen-bond acceptors (Lipinski definition) is 2. The molecule has 1 aromatic carbocycles. The molecule has 2 rings (SSSR count). The number of hydrogen-bond donors (Lipinski definition) is 0. The minimum Gasteiger partial charge on any atom is -0.491 e. The van der Waals surface area contributed by atoms with Gasteiger partial charge in [0, 0.05) is 4.43 Å². The second kappa shape index (κ2) is 8.37. The van der Waals surface area contributed by atoms with E-state index in [2.05, 4.69) is 36.4 Å². The average molecular weight is 402 g/mol. The van der Waals surface area contributed by atoms with Gasteiger partial charge in [0.05, 0.1) is 12.2 Å². The third kappa shape index (κ3) is 5.13. The standard InChI is InChI=1S/C18H27IO2/c1-15(2)16-8-10-18(14-19,11-9-16)21-13-12-20-17-6-4-3-5-7-17/h3-7,15-16H,8-14H2,1-2H3. The van der Waals surface area contributed by atoms with Gasteiger partial charge in [-0.05, 0) is 49.7 Å². The van der Waals surface area contributed by atoms with Crippen LogP contribution < -0.4 is 4.74 Å². The van der Waals surface area contributed by atoms with E-state index in [1.54, 1.807) is 0 Å². The summed E-state index contributed by atoms with van der Waals surface area (Å²) in [5, 5.41) is 0. The summed E-state index contributed by atoms with van der Waals surface area (Å²) >= 11 is 2.48. The molecule has 3 heteroatoms. The van der Waals surface area contributed by atoms with E-state index in [1.807, 2.05) is 30.3 Å². The lowest BCUT2D eigenvalue weighted by Crippen LogP contribution is -2.40. The van der Waals surface area contributed by atoms with Crippen molar-refractivity contribution in [1.29, 1.82) is 0 Å². The highest BCUT2D eigenvalue weighted by molar-refractivity contribution is 14.1. The van der Waals surface area contributed by atoms with Crippen molar-refractivity contribution in [3.05, 3.63) is 30.3 Å². The van der Waals surface area contributed by atoms with Crippen molar-refractivity contribution in [1.82, 2.24) is 0 Å². The van der Waals surface area contributed by atoms with Gasteiger partial charge in [0.25, 0.3) is 0 Å². The van der Waals surface area contributed by atoms with Crippen LogP contribution in [0.15, 0.2) is 30.3 Å². The zero-order valence-corrected chi connectivity index (χ0v) is 15.3. The van der Waals surface area contributed by atoms with Crippen molar-refractivity contribution in [3.8, 4) is 5.75 Å². The third-order valence-electron chi connectivity index (χ3n) is 4.63. The van der Waals surface area contributed by atoms with E-state index in [9.17, 15) is 0 Å². The summed E-state index contributed by atoms with van der Waals surface area (Å²) in [5.41, 5.74) is 0.0893. The molecule has 0 spiro atoms. The quantitative estimate of drug-likeness (QED) is 0.359. The molecule has 1 fully saturated rings. The number of ether oxygens (including phenoxy) is 2. The molecule has 0 heterocycles. The maximum atomic E-state index is 6.24. The molecule has 21 heavy (non-hydrogen) atoms. The van der Waals surface area contributed by atoms with Crippen molar-refractivity contribution in [2.75, 3.05) is 17.6 Å². The molecule has 1 aliphatic carbocycles. The van der Waals surface area contributed by atoms with Crippen LogP contribution in [0.3, 0.4) is 0 Å². The Labute approximate surface area is 142 Å². The largest absolute Gasteiger partial charge is 0.491 e. The van der Waals surface area contributed by atoms with E-state index in [4.69, 9.17) is 9.47 Å². The predicted molar refractivity (Wildman–Crippen MR) is 96.3 cm³/mol. The molecule has 0 unspecified atom stereocenters. The SMILES string of the molecule is CC(C)C1CCC(CI)(OCCOc2ccccc2)CC1. The molecule has 0 aliphatic heterocycles. The lowest BCUT2D eigenvalue weighted by Gasteiger charge is -2.40. The Morgan fingerprint density at radius 1 is 1.14 bits per heavy atom. The van der Waals surface area contributed by atoms with Crippen LogP contribution in [0, 0.1) is 11.8 Å². The first-order valence-corrected chi connectivity index (χ1v) is 9.55. The lowest BCUT2D eigenvalue weighted by atomic mass is 9.75. The number of alkyl halides is 1. The highest BCUT2D eigenvalue weighted by atomic mass is 127. The molecular weight excluding hydrogens is 375 g/mol. The summed E-state index contributed by atoms with van der Waals surface area (Å²) in [7, 11) is 0. The Balaban J connectivity index is 1.73. The zero-order valence-electron chi connectivity index (χ0n) is 13.2. The molecule has 0 N–H and O–H groups in total. The minimum atomic E-state index is 0.0893. The van der Waals surface area contributed by atoms with Gasteiger partial charge >= 0.3 is 0 Å². The molecule has 0 aromatic heterocycles. The maximum absolute atomic E-state index is 6.24. The summed E-state index contributed by atoms with van der Waals surface area (Å²) in [5.74, 6) is 2.61. The monoisotopic (exact) mass is 402 g/mol. The van der Waals surface area contributed by atoms with E-state index in [-0.39, 0.29) is 5.60 Å². The van der Waals surface area contributed by atoms with Gasteiger partial charge in [-0.3, -0.25) is 0 Å². The molecule has 1 aliphatic rings. The van der Waals surface area contributed by atoms with Crippen LogP contribution in [0.4, 0.5) is 0 Å². The highest BCUT2D eigenvalue weighted by Gasteiger charge is 2.36. The van der Waals surface area contributed by atoms with Gasteiger partial charge in [-0.2, -0.15) is 0 Å². The summed E-state index contributed by atoms with van der Waals surface area (Å²) < 4.78 is 13.0. The molecule has 0 saturated heterocycles. The first kappa shape index (κ1) is 17.1. The molecule has 0 bridgehead atoms. The number of benzene rings is 1. The maximum Gasteiger partial charge on any atom is 0.119 e. The molecule has 0 atom stereocenters. The van der Waals surface area contributed by atoms with Gasteiger partial charge in [0.1, 0.15) is 12.4 Å². The molecular formula is C18H27IO2. The summed E-state index contributed by atoms with van der Waals surface area (Å²) in [6.07, 6.45) is 5.01. The average Bonchev–Trinajstić information content (AvgIpc) is 2.53. The van der Waals surface area contributed by atoms with Crippen LogP contribution in [0.5, 0.6) is 5.75 Å². The Morgan fingerprint density at radius 3 is 2.38 bits per heavy atom. The van der Waals surface area contributed by atoms with Crippen LogP contribution in [0.25, 0.3) is 0 Å². The highest BCUT2D eigenvalue weighted by Crippen LogP contribution is 2.39. The number of halogens is 1. The topological polar surface area (TPSA) is 18.5 Å². The fourth-order valence-corrected chi connectivity index (χ4v) is 4.07. The summed E-state index contributed by atoms with van der Waals surface area (Å²) in [6, 6.07) is 9.97. The van der Waals surface area contributed by atoms with Crippen LogP contribution in [-0.4, -0.2) is 23.2 Å². The van der Waals surface area contributed by atoms with Crippen LogP contribution in [0.2, 0.25) is 0 Å². The molecule has 118 valence electrons. The van der Waals surface area contributed by atoms with Crippen molar-refractivity contribution >= 4 is 22.6 Å². The second-order valence-corrected chi connectivity index (χ2v) is 7.17. The summed E-state index contributed by atoms with van der Waals surface area (Å²) in [6.45, 7) is 6.01. The van der Waals surface area contributed by atoms with Gasteiger partial charge in [0.2, 0.25) is 0 Å². The number of rotatable bonds is 7. The van der Waals surface area contributed by atoms with E-state index in [0.29, 0.717) is 13.2 Å². The summed E-state index contributed by atoms with van der Waals surface area (Å²) in [4.78, 5) is 0. The molecule has 0 amide bonds. The van der Waals surface area contributed by atoms with Crippen LogP contribution >= 0.6 is 22.6 Å². The number of para-hydroxylation sites is 1. The van der Waals surface area contributed by atoms with E-state index < -0.39 is 0 Å². The van der Waals surface area contributed by atoms with Crippen molar-refractivity contribution in [2.45, 2.75) is 45.1 Å². The van der Waals surface area contributed by atoms with Crippen LogP contribution in [0.1, 0.15) is 39.5 Å². The van der Waals surface area contributed by atoms with Gasteiger partial charge in [-0.1, -0.05) is 54.6 Å². The normalized spacial score (nSPS) is 26.0. The Morgan fingerprint density at radius 2 is 1.81 bits per heavy atom. The first-order chi connectivity index (χ1) is 10.2. The fraction of sp³-hybridized carbons (Fsp3) is 0.667. The lowest BCUT2D eigenvalue weighted by molar-refractivity contribution is -0.0700. The molecule has 1 aromatic rings. The Bertz CT molecular complexity index is 397. The minimum absolute atomic E-state index is 0.0893. The van der Waals surface area contributed by atoms with E-state index in [1.165, 1.54) is 25.7 Å². The van der Waals surface area contributed by atoms with Crippen molar-refractivity contribution in [3.63, 3.8) is 0 Å².